The molecule has 0 saturated carbocycles. The van der Waals surface area contributed by atoms with E-state index in [0.717, 1.165) is 11.1 Å². The predicted octanol–water partition coefficient (Wildman–Crippen LogP) is 3.11. The zero-order valence-electron chi connectivity index (χ0n) is 7.03. The van der Waals surface area contributed by atoms with Crippen molar-refractivity contribution in [2.75, 3.05) is 0 Å². The molecule has 0 aliphatic heterocycles. The van der Waals surface area contributed by atoms with Crippen molar-refractivity contribution >= 4 is 29.0 Å². The van der Waals surface area contributed by atoms with Crippen LogP contribution in [0.3, 0.4) is 0 Å². The van der Waals surface area contributed by atoms with E-state index in [1.54, 1.807) is 12.2 Å². The van der Waals surface area contributed by atoms with Crippen molar-refractivity contribution in [2.45, 2.75) is 0 Å². The van der Waals surface area contributed by atoms with Crippen molar-refractivity contribution in [3.8, 4) is 0 Å². The summed E-state index contributed by atoms with van der Waals surface area (Å²) in [5, 5.41) is -0.465. The number of hydrogen-bond donors (Lipinski definition) is 0. The van der Waals surface area contributed by atoms with Gasteiger partial charge in [-0.15, -0.1) is 0 Å². The molecule has 0 bridgehead atoms. The smallest absolute Gasteiger partial charge is 0.245 e. The molecule has 0 aliphatic carbocycles. The standard InChI is InChI=1S/C11H9ClO/c1-2-9-3-5-10(6-4-9)7-8-11(12)13/h2-8H,1H2. The maximum absolute atomic E-state index is 10.4. The number of rotatable bonds is 3. The van der Waals surface area contributed by atoms with Gasteiger partial charge in [-0.3, -0.25) is 4.79 Å². The summed E-state index contributed by atoms with van der Waals surface area (Å²) in [7, 11) is 0. The Hall–Kier alpha value is -1.34. The molecule has 0 radical (unpaired) electrons. The van der Waals surface area contributed by atoms with Gasteiger partial charge in [0.25, 0.3) is 0 Å². The molecule has 66 valence electrons. The van der Waals surface area contributed by atoms with Crippen molar-refractivity contribution in [3.05, 3.63) is 48.0 Å². The number of hydrogen-bond acceptors (Lipinski definition) is 1. The Labute approximate surface area is 82.3 Å². The van der Waals surface area contributed by atoms with Gasteiger partial charge < -0.3 is 0 Å². The molecule has 0 amide bonds. The normalized spacial score (nSPS) is 10.2. The van der Waals surface area contributed by atoms with Gasteiger partial charge in [-0.1, -0.05) is 43.0 Å². The van der Waals surface area contributed by atoms with Gasteiger partial charge in [0.1, 0.15) is 0 Å². The predicted molar refractivity (Wildman–Crippen MR) is 56.4 cm³/mol. The Kier molecular flexibility index (Phi) is 3.47. The lowest BCUT2D eigenvalue weighted by Gasteiger charge is -1.93. The highest BCUT2D eigenvalue weighted by Gasteiger charge is 1.89. The van der Waals surface area contributed by atoms with Crippen LogP contribution in [0.5, 0.6) is 0 Å². The molecule has 2 heteroatoms. The van der Waals surface area contributed by atoms with E-state index >= 15 is 0 Å². The van der Waals surface area contributed by atoms with Crippen LogP contribution in [-0.4, -0.2) is 5.24 Å². The number of halogens is 1. The highest BCUT2D eigenvalue weighted by molar-refractivity contribution is 6.66. The van der Waals surface area contributed by atoms with Crippen LogP contribution in [0.2, 0.25) is 0 Å². The van der Waals surface area contributed by atoms with Crippen molar-refractivity contribution in [3.63, 3.8) is 0 Å². The minimum Gasteiger partial charge on any atom is -0.276 e. The van der Waals surface area contributed by atoms with Gasteiger partial charge in [-0.05, 0) is 28.8 Å². The Morgan fingerprint density at radius 2 is 1.77 bits per heavy atom. The first-order valence-corrected chi connectivity index (χ1v) is 4.20. The van der Waals surface area contributed by atoms with E-state index in [2.05, 4.69) is 6.58 Å². The van der Waals surface area contributed by atoms with Crippen LogP contribution >= 0.6 is 11.6 Å². The summed E-state index contributed by atoms with van der Waals surface area (Å²) in [6.07, 6.45) is 4.76. The first kappa shape index (κ1) is 9.75. The van der Waals surface area contributed by atoms with Crippen LogP contribution in [0.25, 0.3) is 12.2 Å². The third kappa shape index (κ3) is 3.26. The largest absolute Gasteiger partial charge is 0.276 e. The molecule has 0 atom stereocenters. The fourth-order valence-corrected chi connectivity index (χ4v) is 0.968. The van der Waals surface area contributed by atoms with Crippen molar-refractivity contribution in [2.24, 2.45) is 0 Å². The van der Waals surface area contributed by atoms with Gasteiger partial charge in [0.2, 0.25) is 5.24 Å². The molecule has 1 rings (SSSR count). The molecular formula is C11H9ClO. The lowest BCUT2D eigenvalue weighted by molar-refractivity contribution is -0.107. The molecule has 1 nitrogen and oxygen atoms in total. The molecule has 0 heterocycles. The minimum absolute atomic E-state index is 0.465. The number of carbonyl (C=O) groups excluding carboxylic acids is 1. The van der Waals surface area contributed by atoms with Gasteiger partial charge in [0.05, 0.1) is 0 Å². The molecule has 0 aromatic heterocycles. The fraction of sp³-hybridized carbons (Fsp3) is 0. The van der Waals surface area contributed by atoms with E-state index < -0.39 is 5.24 Å². The topological polar surface area (TPSA) is 17.1 Å². The molecule has 0 saturated heterocycles. The molecule has 13 heavy (non-hydrogen) atoms. The van der Waals surface area contributed by atoms with E-state index in [9.17, 15) is 4.79 Å². The maximum atomic E-state index is 10.4. The molecule has 0 N–H and O–H groups in total. The van der Waals surface area contributed by atoms with Crippen LogP contribution in [-0.2, 0) is 4.79 Å². The summed E-state index contributed by atoms with van der Waals surface area (Å²) < 4.78 is 0. The van der Waals surface area contributed by atoms with E-state index in [0.29, 0.717) is 0 Å². The number of carbonyl (C=O) groups is 1. The second-order valence-electron chi connectivity index (χ2n) is 2.51. The average Bonchev–Trinajstić information content (AvgIpc) is 2.15. The summed E-state index contributed by atoms with van der Waals surface area (Å²) >= 11 is 5.14. The molecular weight excluding hydrogens is 184 g/mol. The lowest BCUT2D eigenvalue weighted by atomic mass is 10.1. The summed E-state index contributed by atoms with van der Waals surface area (Å²) in [4.78, 5) is 10.4. The van der Waals surface area contributed by atoms with Gasteiger partial charge >= 0.3 is 0 Å². The van der Waals surface area contributed by atoms with Gasteiger partial charge in [-0.25, -0.2) is 0 Å². The van der Waals surface area contributed by atoms with Crippen LogP contribution in [0.1, 0.15) is 11.1 Å². The van der Waals surface area contributed by atoms with Crippen molar-refractivity contribution < 1.29 is 4.79 Å². The van der Waals surface area contributed by atoms with Crippen LogP contribution in [0, 0.1) is 0 Å². The molecule has 0 unspecified atom stereocenters. The van der Waals surface area contributed by atoms with Gasteiger partial charge in [0.15, 0.2) is 0 Å². The summed E-state index contributed by atoms with van der Waals surface area (Å²) in [5.41, 5.74) is 1.99. The molecule has 0 aliphatic rings. The third-order valence-electron chi connectivity index (χ3n) is 1.58. The fourth-order valence-electron chi connectivity index (χ4n) is 0.905. The monoisotopic (exact) mass is 192 g/mol. The quantitative estimate of drug-likeness (QED) is 0.531. The Balaban J connectivity index is 2.80. The van der Waals surface area contributed by atoms with Crippen LogP contribution < -0.4 is 0 Å². The lowest BCUT2D eigenvalue weighted by Crippen LogP contribution is -1.77. The molecule has 1 aromatic carbocycles. The number of allylic oxidation sites excluding steroid dienone is 1. The molecule has 0 spiro atoms. The summed E-state index contributed by atoms with van der Waals surface area (Å²) in [6, 6.07) is 7.64. The zero-order chi connectivity index (χ0) is 9.68. The number of benzene rings is 1. The first-order chi connectivity index (χ1) is 6.22. The highest BCUT2D eigenvalue weighted by atomic mass is 35.5. The average molecular weight is 193 g/mol. The van der Waals surface area contributed by atoms with Gasteiger partial charge in [-0.2, -0.15) is 0 Å². The second-order valence-corrected chi connectivity index (χ2v) is 2.88. The van der Waals surface area contributed by atoms with Crippen LogP contribution in [0.15, 0.2) is 36.9 Å². The Morgan fingerprint density at radius 3 is 2.23 bits per heavy atom. The van der Waals surface area contributed by atoms with E-state index in [1.165, 1.54) is 6.08 Å². The second kappa shape index (κ2) is 4.63. The van der Waals surface area contributed by atoms with E-state index in [4.69, 9.17) is 11.6 Å². The van der Waals surface area contributed by atoms with Gasteiger partial charge in [0, 0.05) is 0 Å². The van der Waals surface area contributed by atoms with Crippen molar-refractivity contribution in [1.82, 2.24) is 0 Å². The third-order valence-corrected chi connectivity index (χ3v) is 1.70. The van der Waals surface area contributed by atoms with Crippen molar-refractivity contribution in [1.29, 1.82) is 0 Å². The summed E-state index contributed by atoms with van der Waals surface area (Å²) in [6.45, 7) is 3.64. The zero-order valence-corrected chi connectivity index (χ0v) is 7.79. The highest BCUT2D eigenvalue weighted by Crippen LogP contribution is 2.07. The van der Waals surface area contributed by atoms with E-state index in [-0.39, 0.29) is 0 Å². The SMILES string of the molecule is C=Cc1ccc(C=CC(=O)Cl)cc1. The first-order valence-electron chi connectivity index (χ1n) is 3.82. The Morgan fingerprint density at radius 1 is 1.23 bits per heavy atom. The molecule has 0 fully saturated rings. The van der Waals surface area contributed by atoms with Crippen LogP contribution in [0.4, 0.5) is 0 Å². The van der Waals surface area contributed by atoms with E-state index in [1.807, 2.05) is 24.3 Å². The maximum Gasteiger partial charge on any atom is 0.245 e. The molecule has 1 aromatic rings. The summed E-state index contributed by atoms with van der Waals surface area (Å²) in [5.74, 6) is 0. The Bertz CT molecular complexity index is 336. The minimum atomic E-state index is -0.465.